The van der Waals surface area contributed by atoms with Crippen LogP contribution in [0.2, 0.25) is 0 Å². The second-order valence-corrected chi connectivity index (χ2v) is 23.9. The second-order valence-electron chi connectivity index (χ2n) is 15.6. The van der Waals surface area contributed by atoms with Gasteiger partial charge in [-0.25, -0.2) is 4.67 Å². The molecule has 2 unspecified atom stereocenters. The predicted molar refractivity (Wildman–Crippen MR) is 200 cm³/mol. The molecule has 3 fully saturated rings. The van der Waals surface area contributed by atoms with Gasteiger partial charge < -0.3 is 14.0 Å². The Balaban J connectivity index is 1.44. The van der Waals surface area contributed by atoms with Crippen molar-refractivity contribution in [3.05, 3.63) is 53.1 Å². The summed E-state index contributed by atoms with van der Waals surface area (Å²) in [5, 5.41) is 5.23. The molecule has 3 heterocycles. The first-order valence-electron chi connectivity index (χ1n) is 18.5. The third-order valence-corrected chi connectivity index (χ3v) is 21.4. The van der Waals surface area contributed by atoms with Gasteiger partial charge >= 0.3 is 0 Å². The summed E-state index contributed by atoms with van der Waals surface area (Å²) in [7, 11) is -9.67. The number of benzene rings is 3. The number of hydrogen-bond acceptors (Lipinski definition) is 4. The molecule has 0 amide bonds. The second kappa shape index (κ2) is 10.8. The van der Waals surface area contributed by atoms with E-state index in [-0.39, 0.29) is 0 Å². The Kier molecular flexibility index (Phi) is 7.15. The zero-order chi connectivity index (χ0) is 32.5. The fourth-order valence-electron chi connectivity index (χ4n) is 10.5. The maximum atomic E-state index is 16.5. The van der Waals surface area contributed by atoms with E-state index in [0.29, 0.717) is 30.8 Å². The molecule has 9 rings (SSSR count). The summed E-state index contributed by atoms with van der Waals surface area (Å²) >= 11 is 0. The highest BCUT2D eigenvalue weighted by molar-refractivity contribution is 7.82. The summed E-state index contributed by atoms with van der Waals surface area (Å²) in [6.07, 6.45) is 14.0. The molecule has 5 nitrogen and oxygen atoms in total. The molecule has 3 saturated carbocycles. The van der Waals surface area contributed by atoms with Gasteiger partial charge in [-0.2, -0.15) is 0 Å². The molecule has 0 radical (unpaired) electrons. The van der Waals surface area contributed by atoms with Gasteiger partial charge in [0.05, 0.1) is 27.7 Å². The van der Waals surface area contributed by atoms with E-state index in [1.54, 1.807) is 0 Å². The fraction of sp³-hybridized carbons (Fsp3) is 0.538. The maximum absolute atomic E-state index is 16.5. The largest absolute Gasteiger partial charge is 0.314 e. The minimum atomic E-state index is -3.38. The van der Waals surface area contributed by atoms with Crippen molar-refractivity contribution in [2.24, 2.45) is 0 Å². The van der Waals surface area contributed by atoms with Crippen LogP contribution in [0.15, 0.2) is 36.4 Å². The van der Waals surface area contributed by atoms with E-state index in [4.69, 9.17) is 0 Å². The van der Waals surface area contributed by atoms with Crippen molar-refractivity contribution in [2.75, 3.05) is 31.3 Å². The van der Waals surface area contributed by atoms with Gasteiger partial charge in [0.1, 0.15) is 14.3 Å². The van der Waals surface area contributed by atoms with Crippen LogP contribution < -0.4 is 36.7 Å². The standard InChI is InChI=1S/C39H49N2O3P3/c1-5-40(6-2)47(44)35-23-29(26-15-9-10-16-26)21-33-38(35)41-37-31(45(33,3)42)19-28(25-13-7-8-14-25)20-32(37)46(4,43)34-22-30(24-36(47)39(34)41)27-17-11-12-18-27/h19-27H,5-18H2,1-4H3. The monoisotopic (exact) mass is 686 g/mol. The molecule has 3 aromatic rings. The maximum Gasteiger partial charge on any atom is 0.211 e. The SMILES string of the molecule is CCN(CC)P1(=O)c2cc(C3CCCC3)cc3c2N2c4c(cc(C5CCCC5)cc4P(C)(=O)c4cc(C5CCCC5)cc1c42)P3(C)=O. The van der Waals surface area contributed by atoms with Gasteiger partial charge in [-0.3, -0.25) is 4.57 Å². The first kappa shape index (κ1) is 31.1. The molecule has 0 N–H and O–H groups in total. The van der Waals surface area contributed by atoms with Crippen molar-refractivity contribution in [1.82, 2.24) is 4.67 Å². The van der Waals surface area contributed by atoms with Crippen LogP contribution in [0.4, 0.5) is 17.1 Å². The van der Waals surface area contributed by atoms with Crippen molar-refractivity contribution in [1.29, 1.82) is 0 Å². The van der Waals surface area contributed by atoms with Gasteiger partial charge in [-0.1, -0.05) is 52.4 Å². The molecule has 6 aliphatic rings. The van der Waals surface area contributed by atoms with Gasteiger partial charge in [0.25, 0.3) is 0 Å². The van der Waals surface area contributed by atoms with Crippen LogP contribution >= 0.6 is 21.6 Å². The molecule has 3 aliphatic carbocycles. The lowest BCUT2D eigenvalue weighted by molar-refractivity contribution is 0.458. The van der Waals surface area contributed by atoms with Gasteiger partial charge in [0, 0.05) is 34.3 Å². The molecule has 0 aromatic heterocycles. The first-order chi connectivity index (χ1) is 22.6. The Morgan fingerprint density at radius 3 is 1.11 bits per heavy atom. The molecule has 0 spiro atoms. The summed E-state index contributed by atoms with van der Waals surface area (Å²) in [5.74, 6) is 1.23. The Hall–Kier alpha value is -1.89. The van der Waals surface area contributed by atoms with Crippen LogP contribution in [0.3, 0.4) is 0 Å². The lowest BCUT2D eigenvalue weighted by Crippen LogP contribution is -2.52. The van der Waals surface area contributed by atoms with Crippen LogP contribution in [0, 0.1) is 0 Å². The van der Waals surface area contributed by atoms with E-state index in [1.807, 2.05) is 13.3 Å². The zero-order valence-corrected chi connectivity index (χ0v) is 31.2. The highest BCUT2D eigenvalue weighted by Gasteiger charge is 2.55. The van der Waals surface area contributed by atoms with Gasteiger partial charge in [-0.15, -0.1) is 0 Å². The van der Waals surface area contributed by atoms with Crippen molar-refractivity contribution in [3.63, 3.8) is 0 Å². The molecular formula is C39H49N2O3P3. The summed E-state index contributed by atoms with van der Waals surface area (Å²) < 4.78 is 50.0. The van der Waals surface area contributed by atoms with Crippen LogP contribution in [-0.2, 0) is 13.7 Å². The van der Waals surface area contributed by atoms with Crippen LogP contribution in [0.25, 0.3) is 0 Å². The highest BCUT2D eigenvalue weighted by Crippen LogP contribution is 2.66. The minimum Gasteiger partial charge on any atom is -0.314 e. The normalized spacial score (nSPS) is 29.7. The molecule has 248 valence electrons. The number of hydrogen-bond donors (Lipinski definition) is 0. The topological polar surface area (TPSA) is 57.7 Å². The third-order valence-electron chi connectivity index (χ3n) is 13.0. The average molecular weight is 687 g/mol. The summed E-state index contributed by atoms with van der Waals surface area (Å²) in [5.41, 5.74) is 6.27. The lowest BCUT2D eigenvalue weighted by Gasteiger charge is -2.50. The predicted octanol–water partition coefficient (Wildman–Crippen LogP) is 8.53. The number of rotatable bonds is 6. The van der Waals surface area contributed by atoms with E-state index >= 15 is 13.7 Å². The molecule has 0 saturated heterocycles. The van der Waals surface area contributed by atoms with E-state index in [0.717, 1.165) is 87.4 Å². The molecule has 8 heteroatoms. The molecule has 3 aliphatic heterocycles. The zero-order valence-electron chi connectivity index (χ0n) is 28.6. The summed E-state index contributed by atoms with van der Waals surface area (Å²) in [6, 6.07) is 13.6. The average Bonchev–Trinajstić information content (AvgIpc) is 3.88. The van der Waals surface area contributed by atoms with Crippen molar-refractivity contribution >= 4 is 70.5 Å². The Bertz CT molecular complexity index is 1860. The van der Waals surface area contributed by atoms with Crippen molar-refractivity contribution < 1.29 is 13.7 Å². The quantitative estimate of drug-likeness (QED) is 0.244. The first-order valence-corrected chi connectivity index (χ1v) is 24.4. The van der Waals surface area contributed by atoms with Crippen molar-refractivity contribution in [2.45, 2.75) is 109 Å². The molecule has 47 heavy (non-hydrogen) atoms. The highest BCUT2D eigenvalue weighted by atomic mass is 31.2. The van der Waals surface area contributed by atoms with Gasteiger partial charge in [0.2, 0.25) is 7.29 Å². The Labute approximate surface area is 281 Å². The van der Waals surface area contributed by atoms with Crippen LogP contribution in [-0.4, -0.2) is 31.1 Å². The van der Waals surface area contributed by atoms with Crippen molar-refractivity contribution in [3.8, 4) is 0 Å². The van der Waals surface area contributed by atoms with Gasteiger partial charge in [0.15, 0.2) is 0 Å². The Morgan fingerprint density at radius 1 is 0.532 bits per heavy atom. The lowest BCUT2D eigenvalue weighted by atomic mass is 9.95. The fourth-order valence-corrected chi connectivity index (χ4v) is 18.7. The molecular weight excluding hydrogens is 637 g/mol. The number of anilines is 3. The van der Waals surface area contributed by atoms with E-state index < -0.39 is 21.6 Å². The van der Waals surface area contributed by atoms with Gasteiger partial charge in [-0.05, 0) is 123 Å². The number of nitrogens with zero attached hydrogens (tertiary/aromatic N) is 2. The summed E-state index contributed by atoms with van der Waals surface area (Å²) in [6.45, 7) is 9.43. The molecule has 2 atom stereocenters. The molecule has 0 bridgehead atoms. The minimum absolute atomic E-state index is 0.405. The summed E-state index contributed by atoms with van der Waals surface area (Å²) in [4.78, 5) is 2.33. The third kappa shape index (κ3) is 4.16. The van der Waals surface area contributed by atoms with E-state index in [1.165, 1.54) is 55.2 Å². The van der Waals surface area contributed by atoms with Crippen LogP contribution in [0.1, 0.15) is 125 Å². The van der Waals surface area contributed by atoms with E-state index in [2.05, 4.69) is 59.8 Å². The smallest absolute Gasteiger partial charge is 0.211 e. The van der Waals surface area contributed by atoms with E-state index in [9.17, 15) is 0 Å². The Morgan fingerprint density at radius 2 is 0.809 bits per heavy atom. The van der Waals surface area contributed by atoms with Crippen LogP contribution in [0.5, 0.6) is 0 Å². The molecule has 3 aromatic carbocycles.